The molecular formula is C14H28N2O. The van der Waals surface area contributed by atoms with Gasteiger partial charge in [0.25, 0.3) is 0 Å². The van der Waals surface area contributed by atoms with E-state index < -0.39 is 0 Å². The molecule has 3 heteroatoms. The summed E-state index contributed by atoms with van der Waals surface area (Å²) in [6.07, 6.45) is 5.41. The molecule has 3 nitrogen and oxygen atoms in total. The lowest BCUT2D eigenvalue weighted by atomic mass is 9.64. The summed E-state index contributed by atoms with van der Waals surface area (Å²) in [6.45, 7) is 8.61. The molecule has 3 N–H and O–H groups in total. The van der Waals surface area contributed by atoms with E-state index in [0.717, 1.165) is 19.6 Å². The van der Waals surface area contributed by atoms with Crippen LogP contribution in [0.4, 0.5) is 0 Å². The van der Waals surface area contributed by atoms with Crippen LogP contribution in [0, 0.1) is 11.3 Å². The molecule has 2 aliphatic rings. The normalized spacial score (nSPS) is 40.2. The molecule has 0 heterocycles. The van der Waals surface area contributed by atoms with Crippen molar-refractivity contribution >= 4 is 0 Å². The van der Waals surface area contributed by atoms with Crippen molar-refractivity contribution in [3.8, 4) is 0 Å². The van der Waals surface area contributed by atoms with Crippen molar-refractivity contribution in [2.45, 2.75) is 64.6 Å². The van der Waals surface area contributed by atoms with Crippen LogP contribution in [0.15, 0.2) is 0 Å². The Kier molecular flexibility index (Phi) is 4.11. The van der Waals surface area contributed by atoms with Gasteiger partial charge in [-0.05, 0) is 38.6 Å². The van der Waals surface area contributed by atoms with Crippen LogP contribution in [-0.4, -0.2) is 31.3 Å². The average Bonchev–Trinajstić information content (AvgIpc) is 2.68. The summed E-state index contributed by atoms with van der Waals surface area (Å²) in [5.74, 6) is 0.692. The zero-order valence-electron chi connectivity index (χ0n) is 11.5. The van der Waals surface area contributed by atoms with E-state index in [-0.39, 0.29) is 5.41 Å². The first-order valence-corrected chi connectivity index (χ1v) is 7.16. The third kappa shape index (κ3) is 2.67. The standard InChI is InChI=1S/C14H28N2O/c1-4-17-13-8-12(14(13,2)3)16-9-10-6-5-7-11(10)15/h10-13,16H,4-9,15H2,1-3H3. The minimum Gasteiger partial charge on any atom is -0.378 e. The highest BCUT2D eigenvalue weighted by Crippen LogP contribution is 2.42. The first-order chi connectivity index (χ1) is 8.05. The Balaban J connectivity index is 1.74. The molecule has 2 aliphatic carbocycles. The Morgan fingerprint density at radius 1 is 1.35 bits per heavy atom. The van der Waals surface area contributed by atoms with E-state index in [1.165, 1.54) is 19.3 Å². The molecule has 0 aromatic carbocycles. The SMILES string of the molecule is CCOC1CC(NCC2CCCC2N)C1(C)C. The van der Waals surface area contributed by atoms with Gasteiger partial charge in [-0.3, -0.25) is 0 Å². The summed E-state index contributed by atoms with van der Waals surface area (Å²) in [7, 11) is 0. The molecule has 0 bridgehead atoms. The van der Waals surface area contributed by atoms with Crippen molar-refractivity contribution in [2.24, 2.45) is 17.1 Å². The fraction of sp³-hybridized carbons (Fsp3) is 1.00. The Bertz CT molecular complexity index is 255. The third-order valence-electron chi connectivity index (χ3n) is 4.89. The van der Waals surface area contributed by atoms with Gasteiger partial charge >= 0.3 is 0 Å². The second-order valence-corrected chi connectivity index (χ2v) is 6.32. The van der Waals surface area contributed by atoms with E-state index in [2.05, 4.69) is 26.1 Å². The molecule has 17 heavy (non-hydrogen) atoms. The zero-order chi connectivity index (χ0) is 12.5. The van der Waals surface area contributed by atoms with Gasteiger partial charge in [0.15, 0.2) is 0 Å². The van der Waals surface area contributed by atoms with Crippen LogP contribution in [-0.2, 0) is 4.74 Å². The average molecular weight is 240 g/mol. The van der Waals surface area contributed by atoms with E-state index in [4.69, 9.17) is 10.5 Å². The molecule has 4 atom stereocenters. The molecule has 0 aliphatic heterocycles. The van der Waals surface area contributed by atoms with Gasteiger partial charge in [0.05, 0.1) is 6.10 Å². The van der Waals surface area contributed by atoms with Gasteiger partial charge in [0.2, 0.25) is 0 Å². The molecule has 4 unspecified atom stereocenters. The van der Waals surface area contributed by atoms with Gasteiger partial charge in [0, 0.05) is 24.1 Å². The first-order valence-electron chi connectivity index (χ1n) is 7.16. The Hall–Kier alpha value is -0.120. The Labute approximate surface area is 105 Å². The van der Waals surface area contributed by atoms with Crippen molar-refractivity contribution in [1.82, 2.24) is 5.32 Å². The van der Waals surface area contributed by atoms with Gasteiger partial charge in [0.1, 0.15) is 0 Å². The fourth-order valence-corrected chi connectivity index (χ4v) is 3.33. The van der Waals surface area contributed by atoms with Crippen LogP contribution >= 0.6 is 0 Å². The largest absolute Gasteiger partial charge is 0.378 e. The topological polar surface area (TPSA) is 47.3 Å². The van der Waals surface area contributed by atoms with Crippen molar-refractivity contribution < 1.29 is 4.74 Å². The maximum absolute atomic E-state index is 6.10. The number of hydrogen-bond acceptors (Lipinski definition) is 3. The third-order valence-corrected chi connectivity index (χ3v) is 4.89. The van der Waals surface area contributed by atoms with Crippen LogP contribution < -0.4 is 11.1 Å². The first kappa shape index (κ1) is 13.3. The summed E-state index contributed by atoms with van der Waals surface area (Å²) < 4.78 is 5.75. The van der Waals surface area contributed by atoms with Gasteiger partial charge in [-0.1, -0.05) is 20.3 Å². The predicted octanol–water partition coefficient (Wildman–Crippen LogP) is 1.91. The molecular weight excluding hydrogens is 212 g/mol. The fourth-order valence-electron chi connectivity index (χ4n) is 3.33. The molecule has 0 amide bonds. The lowest BCUT2D eigenvalue weighted by Gasteiger charge is -2.52. The van der Waals surface area contributed by atoms with Gasteiger partial charge in [-0.25, -0.2) is 0 Å². The van der Waals surface area contributed by atoms with Gasteiger partial charge < -0.3 is 15.8 Å². The van der Waals surface area contributed by atoms with E-state index in [9.17, 15) is 0 Å². The van der Waals surface area contributed by atoms with E-state index >= 15 is 0 Å². The maximum Gasteiger partial charge on any atom is 0.0655 e. The maximum atomic E-state index is 6.10. The van der Waals surface area contributed by atoms with E-state index in [1.54, 1.807) is 0 Å². The van der Waals surface area contributed by atoms with Crippen molar-refractivity contribution in [2.75, 3.05) is 13.2 Å². The van der Waals surface area contributed by atoms with Gasteiger partial charge in [-0.2, -0.15) is 0 Å². The Morgan fingerprint density at radius 3 is 2.65 bits per heavy atom. The van der Waals surface area contributed by atoms with Crippen LogP contribution in [0.2, 0.25) is 0 Å². The van der Waals surface area contributed by atoms with Crippen LogP contribution in [0.25, 0.3) is 0 Å². The van der Waals surface area contributed by atoms with Crippen molar-refractivity contribution in [3.05, 3.63) is 0 Å². The monoisotopic (exact) mass is 240 g/mol. The summed E-state index contributed by atoms with van der Waals surface area (Å²) >= 11 is 0. The number of nitrogens with two attached hydrogens (primary N) is 1. The number of hydrogen-bond donors (Lipinski definition) is 2. The molecule has 0 saturated heterocycles. The number of nitrogens with one attached hydrogen (secondary N) is 1. The highest BCUT2D eigenvalue weighted by molar-refractivity contribution is 5.03. The van der Waals surface area contributed by atoms with Gasteiger partial charge in [-0.15, -0.1) is 0 Å². The summed E-state index contributed by atoms with van der Waals surface area (Å²) in [5, 5.41) is 3.71. The smallest absolute Gasteiger partial charge is 0.0655 e. The van der Waals surface area contributed by atoms with Crippen LogP contribution in [0.5, 0.6) is 0 Å². The highest BCUT2D eigenvalue weighted by atomic mass is 16.5. The number of rotatable bonds is 5. The quantitative estimate of drug-likeness (QED) is 0.771. The minimum absolute atomic E-state index is 0.276. The molecule has 0 aromatic rings. The lowest BCUT2D eigenvalue weighted by molar-refractivity contribution is -0.114. The summed E-state index contributed by atoms with van der Waals surface area (Å²) in [6, 6.07) is 1.03. The lowest BCUT2D eigenvalue weighted by Crippen LogP contribution is -2.61. The number of ether oxygens (including phenoxy) is 1. The van der Waals surface area contributed by atoms with Crippen LogP contribution in [0.3, 0.4) is 0 Å². The van der Waals surface area contributed by atoms with E-state index in [0.29, 0.717) is 24.1 Å². The minimum atomic E-state index is 0.276. The zero-order valence-corrected chi connectivity index (χ0v) is 11.5. The summed E-state index contributed by atoms with van der Waals surface area (Å²) in [4.78, 5) is 0. The molecule has 2 rings (SSSR count). The molecule has 0 radical (unpaired) electrons. The highest BCUT2D eigenvalue weighted by Gasteiger charge is 2.48. The summed E-state index contributed by atoms with van der Waals surface area (Å²) in [5.41, 5.74) is 6.38. The second kappa shape index (κ2) is 5.25. The van der Waals surface area contributed by atoms with Crippen molar-refractivity contribution in [1.29, 1.82) is 0 Å². The van der Waals surface area contributed by atoms with Crippen LogP contribution in [0.1, 0.15) is 46.5 Å². The Morgan fingerprint density at radius 2 is 2.12 bits per heavy atom. The molecule has 0 aromatic heterocycles. The molecule has 2 fully saturated rings. The molecule has 2 saturated carbocycles. The van der Waals surface area contributed by atoms with Crippen molar-refractivity contribution in [3.63, 3.8) is 0 Å². The second-order valence-electron chi connectivity index (χ2n) is 6.32. The predicted molar refractivity (Wildman–Crippen MR) is 70.9 cm³/mol. The molecule has 100 valence electrons. The van der Waals surface area contributed by atoms with E-state index in [1.807, 2.05) is 0 Å². The molecule has 0 spiro atoms.